The van der Waals surface area contributed by atoms with E-state index < -0.39 is 186 Å². The van der Waals surface area contributed by atoms with Crippen LogP contribution in [0.3, 0.4) is 0 Å². The van der Waals surface area contributed by atoms with E-state index in [1.54, 1.807) is 36.4 Å². The number of rotatable bonds is 29. The van der Waals surface area contributed by atoms with E-state index in [0.29, 0.717) is 62.1 Å². The first kappa shape index (κ1) is 96.3. The quantitative estimate of drug-likeness (QED) is 0.00681. The molecule has 14 N–H and O–H groups in total. The van der Waals surface area contributed by atoms with E-state index in [1.807, 2.05) is 12.1 Å². The first-order valence-corrected chi connectivity index (χ1v) is 38.3. The minimum Gasteiger partial charge on any atom is -0.461 e. The van der Waals surface area contributed by atoms with Crippen LogP contribution in [0.15, 0.2) is 97.1 Å². The maximum Gasteiger partial charge on any atom is 2.00 e. The second-order valence-corrected chi connectivity index (χ2v) is 27.6. The van der Waals surface area contributed by atoms with Crippen molar-refractivity contribution in [3.8, 4) is 52.8 Å². The predicted molar refractivity (Wildman–Crippen MR) is 424 cm³/mol. The van der Waals surface area contributed by atoms with Crippen molar-refractivity contribution in [3.05, 3.63) is 159 Å². The number of H-pyrrole nitrogens is 2. The average molecular weight is 1860 g/mol. The molecule has 130 heavy (non-hydrogen) atoms. The van der Waals surface area contributed by atoms with Crippen LogP contribution in [0.25, 0.3) is 46.4 Å². The van der Waals surface area contributed by atoms with E-state index >= 15 is 0 Å². The van der Waals surface area contributed by atoms with E-state index in [1.165, 1.54) is 72.8 Å². The maximum atomic E-state index is 12.1. The summed E-state index contributed by atoms with van der Waals surface area (Å²) in [6.07, 6.45) is -40.7. The van der Waals surface area contributed by atoms with Crippen LogP contribution in [0.1, 0.15) is 114 Å². The molecule has 678 valence electrons. The van der Waals surface area contributed by atoms with Gasteiger partial charge in [-0.1, -0.05) is 81.0 Å². The van der Waals surface area contributed by atoms with Gasteiger partial charge in [0.25, 0.3) is 0 Å². The fourth-order valence-electron chi connectivity index (χ4n) is 13.9. The number of hydrogen-bond acceptors (Lipinski definition) is 32. The number of aryl methyl sites for hydroxylation is 1. The molecule has 11 rings (SSSR count). The van der Waals surface area contributed by atoms with Crippen LogP contribution >= 0.6 is 0 Å². The Hall–Kier alpha value is -15.9. The monoisotopic (exact) mass is 1860 g/mol. The van der Waals surface area contributed by atoms with Gasteiger partial charge in [0.15, 0.2) is 36.6 Å². The van der Waals surface area contributed by atoms with Crippen molar-refractivity contribution >= 4 is 120 Å². The summed E-state index contributed by atoms with van der Waals surface area (Å²) in [5.41, 5.74) is 5.46. The summed E-state index contributed by atoms with van der Waals surface area (Å²) in [4.78, 5) is 160. The molecular weight excluding hydrogens is 1790 g/mol. The fourth-order valence-corrected chi connectivity index (χ4v) is 13.9. The summed E-state index contributed by atoms with van der Waals surface area (Å²) in [6.45, 7) is -0.935. The maximum absolute atomic E-state index is 12.1. The zero-order valence-electron chi connectivity index (χ0n) is 67.2. The molecule has 5 aliphatic rings. The van der Waals surface area contributed by atoms with Crippen molar-refractivity contribution < 1.29 is 224 Å². The number of ether oxygens (including phenoxy) is 18. The van der Waals surface area contributed by atoms with Crippen molar-refractivity contribution in [1.29, 1.82) is 0 Å². The molecule has 0 saturated carbocycles. The molecule has 3 saturated heterocycles. The third-order valence-electron chi connectivity index (χ3n) is 19.2. The summed E-state index contributed by atoms with van der Waals surface area (Å²) < 4.78 is 92.8. The first-order chi connectivity index (χ1) is 61.7. The molecule has 0 aliphatic carbocycles. The summed E-state index contributed by atoms with van der Waals surface area (Å²) >= 11 is 0. The molecule has 6 aromatic rings. The number of nitrogens with one attached hydrogen (secondary N) is 2. The number of aromatic nitrogens is 4. The smallest absolute Gasteiger partial charge is 0.461 e. The Morgan fingerprint density at radius 1 is 0.308 bits per heavy atom. The largest absolute Gasteiger partial charge is 2.00 e. The number of aromatic amines is 2. The normalized spacial score (nSPS) is 21.4. The Morgan fingerprint density at radius 2 is 0.562 bits per heavy atom. The minimum atomic E-state index is -2.20. The topological polar surface area (TPSA) is 671 Å². The number of fused-ring (bicyclic) bond motifs is 8. The Labute approximate surface area is 742 Å². The summed E-state index contributed by atoms with van der Waals surface area (Å²) in [5, 5.41) is 115. The fraction of sp³-hybridized carbons (Fsp3) is 0.325. The van der Waals surface area contributed by atoms with E-state index in [9.17, 15) is 119 Å². The van der Waals surface area contributed by atoms with Gasteiger partial charge in [0.2, 0.25) is 37.2 Å². The van der Waals surface area contributed by atoms with Crippen LogP contribution in [0.4, 0.5) is 57.5 Å². The van der Waals surface area contributed by atoms with Gasteiger partial charge in [-0.2, -0.15) is 0 Å². The Kier molecular flexibility index (Phi) is 33.2. The van der Waals surface area contributed by atoms with Crippen LogP contribution in [0.2, 0.25) is 0 Å². The van der Waals surface area contributed by atoms with Crippen LogP contribution in [-0.2, 0) is 97.0 Å². The van der Waals surface area contributed by atoms with Gasteiger partial charge >= 0.3 is 93.3 Å². The molecule has 0 amide bonds. The third-order valence-corrected chi connectivity index (χ3v) is 19.2. The number of nitrogens with zero attached hydrogens (tertiary/aromatic N) is 2. The summed E-state index contributed by atoms with van der Waals surface area (Å²) in [7, 11) is 0. The Morgan fingerprint density at radius 3 is 0.854 bits per heavy atom. The van der Waals surface area contributed by atoms with Crippen LogP contribution in [0, 0.1) is 35.5 Å². The van der Waals surface area contributed by atoms with Crippen LogP contribution in [0.5, 0.6) is 17.2 Å². The second kappa shape index (κ2) is 44.8. The SMILES string of the molecule is CCCCCCCCCc1c2nc(c(C#Cc3ccc(OC4O[C@H](COC(=O)O)[C@@H](OC(=O)O)[C@H](OC(=O)O)[C@@H]4OC(=O)O)cc3)c3ccc([nH]3)c(C#Cc3ccc(OC4O[C@H](COC(=O)O)[C@@H](OC(=O)O)[C@H](OC(=O)O)[C@@H]4OC(=O)O)cc3)c3nc(c(C#Cc4ccc(OC5O[C@H](COC(=O)O)[C@@H](OC(=O)O)[C@H](OC(=O)O)[C@@H]5OC(=O)O)cc4)c4ccc1[nH]4)C=C3)C=C2.[Zn+2]. The molecule has 8 heterocycles. The number of benzene rings is 3. The van der Waals surface area contributed by atoms with Gasteiger partial charge in [-0.05, 0) is 134 Å². The van der Waals surface area contributed by atoms with Gasteiger partial charge < -0.3 is 157 Å². The van der Waals surface area contributed by atoms with Crippen LogP contribution < -0.4 is 14.2 Å². The number of carboxylic acid groups (broad SMARTS) is 12. The standard InChI is InChI=1S/C83H74N4O42.Zn/c1-2-3-4-5-6-7-8-9-45-49-28-30-51(84-49)46(25-16-39-10-19-42(20-11-39)115-69-66(127-81(106)107)63(124-78(100)101)60(121-75(94)95)57(118-69)36-112-72(88)89)53-32-34-55(86-53)48(27-18-41-14-23-44(24-15-41)117-71-68(129-83(110)111)65(126-80(104)105)62(123-77(98)99)59(120-71)38-114-74(92)93)56-35-33-54(87-56)47(52-31-29-50(45)85-52)26-17-40-12-21-43(22-13-40)116-70-67(128-82(108)109)64(125-79(102)103)61(122-76(96)97)58(119-70)37-113-73(90)91;/h10-15,19-24,28-35,57-71,84,87H,2-9,36-38H2,1H3,(H,88,89)(H,90,91)(H,92,93)(H,94,95)(H,96,97)(H,98,99)(H,100,101)(H,102,103)(H,104,105)(H,106,107)(H,108,109)(H,110,111);/q;+2/t57-,58-,59-,60-,61-,62-,63+,64+,65+,66+,67+,68+,69?,70?,71?;/m1./s1. The third kappa shape index (κ3) is 26.4. The van der Waals surface area contributed by atoms with Crippen molar-refractivity contribution in [2.24, 2.45) is 0 Å². The zero-order chi connectivity index (χ0) is 92.7. The molecular formula is C83H74N4O42Zn+2. The number of unbranched alkanes of at least 4 members (excludes halogenated alkanes) is 6. The Bertz CT molecular complexity index is 5510. The molecule has 0 spiro atoms. The van der Waals surface area contributed by atoms with Crippen molar-refractivity contribution in [3.63, 3.8) is 0 Å². The van der Waals surface area contributed by atoms with Gasteiger partial charge in [-0.25, -0.2) is 67.5 Å². The van der Waals surface area contributed by atoms with E-state index in [-0.39, 0.29) is 59.2 Å². The second-order valence-electron chi connectivity index (χ2n) is 27.6. The molecule has 3 unspecified atom stereocenters. The molecule has 3 aromatic heterocycles. The molecule has 0 radical (unpaired) electrons. The molecule has 47 heteroatoms. The van der Waals surface area contributed by atoms with Gasteiger partial charge in [0.05, 0.1) is 56.0 Å². The summed E-state index contributed by atoms with van der Waals surface area (Å²) in [5.74, 6) is 18.6. The van der Waals surface area contributed by atoms with E-state index in [4.69, 9.17) is 81.0 Å². The number of carbonyl (C=O) groups is 12. The molecule has 3 fully saturated rings. The van der Waals surface area contributed by atoms with E-state index in [0.717, 1.165) is 50.5 Å². The van der Waals surface area contributed by atoms with Crippen molar-refractivity contribution in [2.45, 2.75) is 150 Å². The van der Waals surface area contributed by atoms with Gasteiger partial charge in [-0.3, -0.25) is 0 Å². The molecule has 5 aliphatic heterocycles. The average Bonchev–Trinajstić information content (AvgIpc) is 1.62. The van der Waals surface area contributed by atoms with Gasteiger partial charge in [0, 0.05) is 27.8 Å². The van der Waals surface area contributed by atoms with Crippen molar-refractivity contribution in [1.82, 2.24) is 19.9 Å². The molecule has 46 nitrogen and oxygen atoms in total. The summed E-state index contributed by atoms with van der Waals surface area (Å²) in [6, 6.07) is 23.6. The minimum absolute atomic E-state index is 0. The Balaban J connectivity index is 0.0000176. The molecule has 8 bridgehead atoms. The van der Waals surface area contributed by atoms with Gasteiger partial charge in [-0.15, -0.1) is 0 Å². The zero-order valence-corrected chi connectivity index (χ0v) is 70.2. The first-order valence-electron chi connectivity index (χ1n) is 38.3. The van der Waals surface area contributed by atoms with Gasteiger partial charge in [0.1, 0.15) is 55.4 Å². The predicted octanol–water partition coefficient (Wildman–Crippen LogP) is 12.1. The molecule has 3 aromatic carbocycles. The molecule has 15 atom stereocenters. The number of hydrogen-bond donors (Lipinski definition) is 14. The van der Waals surface area contributed by atoms with Crippen LogP contribution in [-0.4, -0.2) is 267 Å². The van der Waals surface area contributed by atoms with E-state index in [2.05, 4.69) is 66.6 Å². The van der Waals surface area contributed by atoms with Crippen molar-refractivity contribution in [2.75, 3.05) is 19.8 Å².